The van der Waals surface area contributed by atoms with Gasteiger partial charge in [-0.15, -0.1) is 0 Å². The first-order chi connectivity index (χ1) is 7.91. The fraction of sp³-hybridized carbons (Fsp3) is 0.929. The van der Waals surface area contributed by atoms with Crippen LogP contribution in [0.1, 0.15) is 84.0 Å². The van der Waals surface area contributed by atoms with Gasteiger partial charge in [-0.3, -0.25) is 0 Å². The van der Waals surface area contributed by atoms with Crippen LogP contribution in [0.15, 0.2) is 5.10 Å². The molecular weight excluding hydrogens is 196 g/mol. The van der Waals surface area contributed by atoms with Gasteiger partial charge in [-0.05, 0) is 12.8 Å². The molecule has 96 valence electrons. The van der Waals surface area contributed by atoms with Crippen LogP contribution in [0.3, 0.4) is 0 Å². The Morgan fingerprint density at radius 1 is 0.750 bits per heavy atom. The van der Waals surface area contributed by atoms with Crippen molar-refractivity contribution in [1.82, 2.24) is 0 Å². The number of hydrazone groups is 1. The minimum absolute atomic E-state index is 1.05. The maximum absolute atomic E-state index is 5.03. The van der Waals surface area contributed by atoms with E-state index in [2.05, 4.69) is 12.0 Å². The maximum Gasteiger partial charge on any atom is 0.0240 e. The molecule has 0 aliphatic rings. The predicted molar refractivity (Wildman–Crippen MR) is 73.8 cm³/mol. The zero-order chi connectivity index (χ0) is 11.9. The third kappa shape index (κ3) is 13.5. The Labute approximate surface area is 102 Å². The fourth-order valence-corrected chi connectivity index (χ4v) is 1.97. The highest BCUT2D eigenvalue weighted by Gasteiger charge is 1.92. The monoisotopic (exact) mass is 226 g/mol. The number of hydrogen-bond donors (Lipinski definition) is 1. The Kier molecular flexibility index (Phi) is 14.0. The van der Waals surface area contributed by atoms with Gasteiger partial charge in [0.2, 0.25) is 0 Å². The van der Waals surface area contributed by atoms with Crippen LogP contribution in [0.4, 0.5) is 0 Å². The van der Waals surface area contributed by atoms with Crippen LogP contribution in [-0.4, -0.2) is 6.21 Å². The quantitative estimate of drug-likeness (QED) is 0.224. The summed E-state index contributed by atoms with van der Waals surface area (Å²) in [7, 11) is 0. The predicted octanol–water partition coefficient (Wildman–Crippen LogP) is 4.63. The highest BCUT2D eigenvalue weighted by atomic mass is 15.1. The van der Waals surface area contributed by atoms with E-state index in [4.69, 9.17) is 5.84 Å². The SMILES string of the molecule is CCCCCCCCCCCCCC=NN. The highest BCUT2D eigenvalue weighted by Crippen LogP contribution is 2.11. The fourth-order valence-electron chi connectivity index (χ4n) is 1.97. The molecule has 0 spiro atoms. The molecule has 0 aromatic carbocycles. The van der Waals surface area contributed by atoms with E-state index in [0.29, 0.717) is 0 Å². The van der Waals surface area contributed by atoms with E-state index in [1.54, 1.807) is 0 Å². The molecule has 0 fully saturated rings. The minimum atomic E-state index is 1.05. The molecule has 0 amide bonds. The molecule has 0 aromatic rings. The van der Waals surface area contributed by atoms with Gasteiger partial charge in [0.25, 0.3) is 0 Å². The molecule has 16 heavy (non-hydrogen) atoms. The van der Waals surface area contributed by atoms with E-state index in [-0.39, 0.29) is 0 Å². The third-order valence-corrected chi connectivity index (χ3v) is 3.04. The largest absolute Gasteiger partial charge is 0.324 e. The lowest BCUT2D eigenvalue weighted by molar-refractivity contribution is 0.552. The molecule has 2 N–H and O–H groups in total. The van der Waals surface area contributed by atoms with Crippen LogP contribution < -0.4 is 5.84 Å². The summed E-state index contributed by atoms with van der Waals surface area (Å²) in [6.07, 6.45) is 18.2. The lowest BCUT2D eigenvalue weighted by Crippen LogP contribution is -1.85. The topological polar surface area (TPSA) is 38.4 Å². The van der Waals surface area contributed by atoms with Crippen LogP contribution in [0, 0.1) is 0 Å². The molecule has 0 aliphatic heterocycles. The summed E-state index contributed by atoms with van der Waals surface area (Å²) in [6, 6.07) is 0. The van der Waals surface area contributed by atoms with Gasteiger partial charge in [-0.2, -0.15) is 5.10 Å². The summed E-state index contributed by atoms with van der Waals surface area (Å²) < 4.78 is 0. The van der Waals surface area contributed by atoms with E-state index in [9.17, 15) is 0 Å². The normalized spacial score (nSPS) is 11.3. The Morgan fingerprint density at radius 3 is 1.62 bits per heavy atom. The molecule has 2 nitrogen and oxygen atoms in total. The van der Waals surface area contributed by atoms with Gasteiger partial charge in [0.15, 0.2) is 0 Å². The van der Waals surface area contributed by atoms with Gasteiger partial charge < -0.3 is 5.84 Å². The first kappa shape index (κ1) is 15.5. The average Bonchev–Trinajstić information content (AvgIpc) is 2.31. The molecule has 0 heterocycles. The number of rotatable bonds is 12. The molecular formula is C14H30N2. The van der Waals surface area contributed by atoms with Crippen LogP contribution in [0.2, 0.25) is 0 Å². The van der Waals surface area contributed by atoms with Crippen LogP contribution in [0.5, 0.6) is 0 Å². The Balaban J connectivity index is 2.88. The van der Waals surface area contributed by atoms with Crippen LogP contribution >= 0.6 is 0 Å². The van der Waals surface area contributed by atoms with Crippen molar-refractivity contribution in [2.45, 2.75) is 84.0 Å². The van der Waals surface area contributed by atoms with Gasteiger partial charge in [0, 0.05) is 6.21 Å². The molecule has 0 saturated carbocycles. The molecule has 0 saturated heterocycles. The zero-order valence-electron chi connectivity index (χ0n) is 11.1. The van der Waals surface area contributed by atoms with Crippen molar-refractivity contribution >= 4 is 6.21 Å². The molecule has 0 atom stereocenters. The molecule has 0 unspecified atom stereocenters. The second-order valence-corrected chi connectivity index (χ2v) is 4.66. The minimum Gasteiger partial charge on any atom is -0.324 e. The Morgan fingerprint density at radius 2 is 1.19 bits per heavy atom. The van der Waals surface area contributed by atoms with Crippen molar-refractivity contribution in [3.63, 3.8) is 0 Å². The van der Waals surface area contributed by atoms with Crippen molar-refractivity contribution in [2.75, 3.05) is 0 Å². The summed E-state index contributed by atoms with van der Waals surface area (Å²) in [4.78, 5) is 0. The van der Waals surface area contributed by atoms with Crippen molar-refractivity contribution in [2.24, 2.45) is 10.9 Å². The first-order valence-electron chi connectivity index (χ1n) is 7.13. The van der Waals surface area contributed by atoms with Crippen LogP contribution in [-0.2, 0) is 0 Å². The second-order valence-electron chi connectivity index (χ2n) is 4.66. The van der Waals surface area contributed by atoms with E-state index in [1.807, 2.05) is 6.21 Å². The van der Waals surface area contributed by atoms with Crippen molar-refractivity contribution in [3.8, 4) is 0 Å². The van der Waals surface area contributed by atoms with Gasteiger partial charge in [0.05, 0.1) is 0 Å². The number of hydrogen-bond acceptors (Lipinski definition) is 2. The summed E-state index contributed by atoms with van der Waals surface area (Å²) >= 11 is 0. The smallest absolute Gasteiger partial charge is 0.0240 e. The van der Waals surface area contributed by atoms with Gasteiger partial charge in [-0.25, -0.2) is 0 Å². The van der Waals surface area contributed by atoms with E-state index >= 15 is 0 Å². The van der Waals surface area contributed by atoms with Crippen molar-refractivity contribution < 1.29 is 0 Å². The van der Waals surface area contributed by atoms with E-state index < -0.39 is 0 Å². The zero-order valence-corrected chi connectivity index (χ0v) is 11.1. The van der Waals surface area contributed by atoms with E-state index in [1.165, 1.54) is 70.6 Å². The van der Waals surface area contributed by atoms with Gasteiger partial charge >= 0.3 is 0 Å². The molecule has 0 bridgehead atoms. The summed E-state index contributed by atoms with van der Waals surface area (Å²) in [6.45, 7) is 2.27. The summed E-state index contributed by atoms with van der Waals surface area (Å²) in [5.74, 6) is 5.03. The lowest BCUT2D eigenvalue weighted by Gasteiger charge is -2.01. The number of nitrogens with two attached hydrogens (primary N) is 1. The molecule has 0 rings (SSSR count). The number of nitrogens with zero attached hydrogens (tertiary/aromatic N) is 1. The van der Waals surface area contributed by atoms with Crippen molar-refractivity contribution in [3.05, 3.63) is 0 Å². The average molecular weight is 226 g/mol. The first-order valence-corrected chi connectivity index (χ1v) is 7.13. The summed E-state index contributed by atoms with van der Waals surface area (Å²) in [5, 5.41) is 3.49. The Bertz CT molecular complexity index is 144. The standard InChI is InChI=1S/C14H30N2/c1-2-3-4-5-6-7-8-9-10-11-12-13-14-16-15/h14H,2-13,15H2,1H3. The highest BCUT2D eigenvalue weighted by molar-refractivity contribution is 5.56. The summed E-state index contributed by atoms with van der Waals surface area (Å²) in [5.41, 5.74) is 0. The molecule has 0 aromatic heterocycles. The Hall–Kier alpha value is -0.530. The van der Waals surface area contributed by atoms with Crippen molar-refractivity contribution in [1.29, 1.82) is 0 Å². The van der Waals surface area contributed by atoms with Gasteiger partial charge in [0.1, 0.15) is 0 Å². The van der Waals surface area contributed by atoms with Gasteiger partial charge in [-0.1, -0.05) is 71.1 Å². The van der Waals surface area contributed by atoms with E-state index in [0.717, 1.165) is 6.42 Å². The molecule has 0 aliphatic carbocycles. The molecule has 2 heteroatoms. The lowest BCUT2D eigenvalue weighted by atomic mass is 10.1. The van der Waals surface area contributed by atoms with Crippen LogP contribution in [0.25, 0.3) is 0 Å². The maximum atomic E-state index is 5.03. The molecule has 0 radical (unpaired) electrons. The number of unbranched alkanes of at least 4 members (excludes halogenated alkanes) is 11. The third-order valence-electron chi connectivity index (χ3n) is 3.04. The second kappa shape index (κ2) is 14.5.